The second kappa shape index (κ2) is 5.14. The van der Waals surface area contributed by atoms with Gasteiger partial charge in [-0.05, 0) is 12.3 Å². The van der Waals surface area contributed by atoms with Crippen LogP contribution in [0.25, 0.3) is 21.7 Å². The molecule has 4 rings (SSSR count). The fraction of sp³-hybridized carbons (Fsp3) is 0.278. The Morgan fingerprint density at radius 1 is 1.05 bits per heavy atom. The van der Waals surface area contributed by atoms with E-state index < -0.39 is 0 Å². The second-order valence-electron chi connectivity index (χ2n) is 5.62. The topological polar surface area (TPSA) is 42.7 Å². The van der Waals surface area contributed by atoms with Gasteiger partial charge in [-0.3, -0.25) is 4.79 Å². The smallest absolute Gasteiger partial charge is 0.290 e. The first-order valence-electron chi connectivity index (χ1n) is 7.53. The number of aryl methyl sites for hydroxylation is 1. The molecule has 0 N–H and O–H groups in total. The standard InChI is InChI=1S/C18H17NO3/c1-12-14-7-6-13-4-2-3-5-15(13)17(14)22-16(12)18(20)19-8-10-21-11-9-19/h2-7H,8-11H2,1H3. The van der Waals surface area contributed by atoms with Gasteiger partial charge >= 0.3 is 0 Å². The van der Waals surface area contributed by atoms with E-state index in [9.17, 15) is 4.79 Å². The van der Waals surface area contributed by atoms with E-state index in [1.54, 1.807) is 4.90 Å². The molecule has 0 atom stereocenters. The molecule has 3 aromatic rings. The summed E-state index contributed by atoms with van der Waals surface area (Å²) in [6.07, 6.45) is 0. The van der Waals surface area contributed by atoms with E-state index in [2.05, 4.69) is 12.1 Å². The normalized spacial score (nSPS) is 15.6. The highest BCUT2D eigenvalue weighted by molar-refractivity contribution is 6.08. The number of ether oxygens (including phenoxy) is 1. The Kier molecular flexibility index (Phi) is 3.12. The van der Waals surface area contributed by atoms with Crippen LogP contribution in [0.1, 0.15) is 16.1 Å². The molecule has 0 saturated carbocycles. The summed E-state index contributed by atoms with van der Waals surface area (Å²) in [6.45, 7) is 4.38. The molecular weight excluding hydrogens is 278 g/mol. The summed E-state index contributed by atoms with van der Waals surface area (Å²) in [7, 11) is 0. The number of morpholine rings is 1. The lowest BCUT2D eigenvalue weighted by molar-refractivity contribution is 0.0283. The molecule has 2 heterocycles. The number of nitrogens with zero attached hydrogens (tertiary/aromatic N) is 1. The van der Waals surface area contributed by atoms with Gasteiger partial charge in [0.05, 0.1) is 13.2 Å². The summed E-state index contributed by atoms with van der Waals surface area (Å²) in [4.78, 5) is 14.5. The molecule has 0 unspecified atom stereocenters. The number of amides is 1. The average Bonchev–Trinajstić information content (AvgIpc) is 2.92. The minimum absolute atomic E-state index is 0.0407. The Balaban J connectivity index is 1.86. The van der Waals surface area contributed by atoms with Crippen molar-refractivity contribution in [3.05, 3.63) is 47.7 Å². The summed E-state index contributed by atoms with van der Waals surface area (Å²) in [5.41, 5.74) is 1.71. The number of benzene rings is 2. The molecule has 1 aromatic heterocycles. The van der Waals surface area contributed by atoms with Crippen LogP contribution in [0.2, 0.25) is 0 Å². The molecule has 1 amide bonds. The summed E-state index contributed by atoms with van der Waals surface area (Å²) < 4.78 is 11.3. The minimum atomic E-state index is -0.0407. The predicted molar refractivity (Wildman–Crippen MR) is 85.2 cm³/mol. The fourth-order valence-electron chi connectivity index (χ4n) is 3.06. The maximum absolute atomic E-state index is 12.7. The van der Waals surface area contributed by atoms with Gasteiger partial charge in [-0.15, -0.1) is 0 Å². The molecule has 2 aromatic carbocycles. The van der Waals surface area contributed by atoms with E-state index in [-0.39, 0.29) is 5.91 Å². The van der Waals surface area contributed by atoms with Gasteiger partial charge in [0, 0.05) is 29.4 Å². The Bertz CT molecular complexity index is 859. The third-order valence-corrected chi connectivity index (χ3v) is 4.32. The van der Waals surface area contributed by atoms with E-state index in [1.165, 1.54) is 0 Å². The Morgan fingerprint density at radius 3 is 2.64 bits per heavy atom. The third kappa shape index (κ3) is 1.99. The van der Waals surface area contributed by atoms with Crippen LogP contribution in [0.15, 0.2) is 40.8 Å². The van der Waals surface area contributed by atoms with Crippen molar-refractivity contribution in [2.75, 3.05) is 26.3 Å². The quantitative estimate of drug-likeness (QED) is 0.691. The highest BCUT2D eigenvalue weighted by Crippen LogP contribution is 2.32. The maximum Gasteiger partial charge on any atom is 0.290 e. The van der Waals surface area contributed by atoms with E-state index in [0.29, 0.717) is 32.1 Å². The molecule has 112 valence electrons. The largest absolute Gasteiger partial charge is 0.450 e. The Morgan fingerprint density at radius 2 is 1.82 bits per heavy atom. The lowest BCUT2D eigenvalue weighted by Gasteiger charge is -2.26. The highest BCUT2D eigenvalue weighted by atomic mass is 16.5. The Labute approximate surface area is 128 Å². The van der Waals surface area contributed by atoms with Crippen molar-refractivity contribution >= 4 is 27.6 Å². The van der Waals surface area contributed by atoms with E-state index in [4.69, 9.17) is 9.15 Å². The molecule has 0 bridgehead atoms. The van der Waals surface area contributed by atoms with Gasteiger partial charge in [-0.2, -0.15) is 0 Å². The van der Waals surface area contributed by atoms with Gasteiger partial charge in [0.25, 0.3) is 5.91 Å². The number of fused-ring (bicyclic) bond motifs is 3. The SMILES string of the molecule is Cc1c(C(=O)N2CCOCC2)oc2c1ccc1ccccc12. The third-order valence-electron chi connectivity index (χ3n) is 4.32. The van der Waals surface area contributed by atoms with Crippen molar-refractivity contribution < 1.29 is 13.9 Å². The van der Waals surface area contributed by atoms with Crippen LogP contribution in [-0.2, 0) is 4.74 Å². The van der Waals surface area contributed by atoms with Gasteiger partial charge in [0.15, 0.2) is 5.76 Å². The van der Waals surface area contributed by atoms with Crippen molar-refractivity contribution in [1.82, 2.24) is 4.90 Å². The molecule has 4 heteroatoms. The first-order valence-corrected chi connectivity index (χ1v) is 7.53. The van der Waals surface area contributed by atoms with Crippen molar-refractivity contribution in [2.24, 2.45) is 0 Å². The average molecular weight is 295 g/mol. The van der Waals surface area contributed by atoms with Crippen LogP contribution in [-0.4, -0.2) is 37.1 Å². The zero-order valence-electron chi connectivity index (χ0n) is 12.5. The zero-order chi connectivity index (χ0) is 15.1. The summed E-state index contributed by atoms with van der Waals surface area (Å²) >= 11 is 0. The van der Waals surface area contributed by atoms with Crippen molar-refractivity contribution in [1.29, 1.82) is 0 Å². The minimum Gasteiger partial charge on any atom is -0.450 e. The number of furan rings is 1. The van der Waals surface area contributed by atoms with Crippen LogP contribution >= 0.6 is 0 Å². The molecule has 0 aliphatic carbocycles. The maximum atomic E-state index is 12.7. The van der Waals surface area contributed by atoms with Crippen LogP contribution in [0.3, 0.4) is 0 Å². The van der Waals surface area contributed by atoms with Crippen LogP contribution in [0.4, 0.5) is 0 Å². The molecule has 1 aliphatic rings. The Hall–Kier alpha value is -2.33. The molecule has 0 radical (unpaired) electrons. The molecule has 1 saturated heterocycles. The van der Waals surface area contributed by atoms with Crippen LogP contribution in [0, 0.1) is 6.92 Å². The van der Waals surface area contributed by atoms with Gasteiger partial charge in [-0.1, -0.05) is 36.4 Å². The molecular formula is C18H17NO3. The van der Waals surface area contributed by atoms with Gasteiger partial charge in [0.1, 0.15) is 5.58 Å². The first kappa shape index (κ1) is 13.3. The molecule has 1 aliphatic heterocycles. The number of hydrogen-bond donors (Lipinski definition) is 0. The zero-order valence-corrected chi connectivity index (χ0v) is 12.5. The molecule has 1 fully saturated rings. The van der Waals surface area contributed by atoms with E-state index in [1.807, 2.05) is 31.2 Å². The number of carbonyl (C=O) groups excluding carboxylic acids is 1. The predicted octanol–water partition coefficient (Wildman–Crippen LogP) is 3.37. The van der Waals surface area contributed by atoms with Gasteiger partial charge in [0.2, 0.25) is 0 Å². The number of carbonyl (C=O) groups is 1. The fourth-order valence-corrected chi connectivity index (χ4v) is 3.06. The number of hydrogen-bond acceptors (Lipinski definition) is 3. The first-order chi connectivity index (χ1) is 10.8. The second-order valence-corrected chi connectivity index (χ2v) is 5.62. The van der Waals surface area contributed by atoms with Crippen molar-refractivity contribution in [2.45, 2.75) is 6.92 Å². The van der Waals surface area contributed by atoms with Gasteiger partial charge < -0.3 is 14.1 Å². The number of rotatable bonds is 1. The summed E-state index contributed by atoms with van der Waals surface area (Å²) in [5.74, 6) is 0.411. The van der Waals surface area contributed by atoms with Crippen molar-refractivity contribution in [3.8, 4) is 0 Å². The molecule has 4 nitrogen and oxygen atoms in total. The molecule has 22 heavy (non-hydrogen) atoms. The lowest BCUT2D eigenvalue weighted by atomic mass is 10.1. The highest BCUT2D eigenvalue weighted by Gasteiger charge is 2.25. The lowest BCUT2D eigenvalue weighted by Crippen LogP contribution is -2.40. The summed E-state index contributed by atoms with van der Waals surface area (Å²) in [6, 6.07) is 12.2. The van der Waals surface area contributed by atoms with E-state index >= 15 is 0 Å². The summed E-state index contributed by atoms with van der Waals surface area (Å²) in [5, 5.41) is 3.17. The van der Waals surface area contributed by atoms with Crippen molar-refractivity contribution in [3.63, 3.8) is 0 Å². The van der Waals surface area contributed by atoms with Crippen LogP contribution in [0.5, 0.6) is 0 Å². The molecule has 0 spiro atoms. The van der Waals surface area contributed by atoms with E-state index in [0.717, 1.165) is 27.3 Å². The van der Waals surface area contributed by atoms with Gasteiger partial charge in [-0.25, -0.2) is 0 Å². The monoisotopic (exact) mass is 295 g/mol. The van der Waals surface area contributed by atoms with Crippen LogP contribution < -0.4 is 0 Å².